The lowest BCUT2D eigenvalue weighted by Crippen LogP contribution is -2.50. The first-order chi connectivity index (χ1) is 14.6. The number of rotatable bonds is 3. The normalized spacial score (nSPS) is 20.6. The van der Waals surface area contributed by atoms with Gasteiger partial charge in [0.2, 0.25) is 18.6 Å². The minimum atomic E-state index is -0.560. The molecular weight excluding hydrogens is 389 g/mol. The minimum absolute atomic E-state index is 0.0690. The monoisotopic (exact) mass is 411 g/mol. The van der Waals surface area contributed by atoms with Crippen molar-refractivity contribution < 1.29 is 23.5 Å². The number of nitrogens with one attached hydrogen (secondary N) is 1. The van der Waals surface area contributed by atoms with Crippen molar-refractivity contribution in [3.05, 3.63) is 53.3 Å². The van der Waals surface area contributed by atoms with Crippen LogP contribution in [0.25, 0.3) is 0 Å². The Bertz CT molecular complexity index is 1000. The molecule has 2 amide bonds. The number of piperazine rings is 1. The highest BCUT2D eigenvalue weighted by Crippen LogP contribution is 2.35. The number of anilines is 1. The van der Waals surface area contributed by atoms with E-state index in [1.165, 1.54) is 12.1 Å². The predicted octanol–water partition coefficient (Wildman–Crippen LogP) is 2.32. The Balaban J connectivity index is 1.23. The molecule has 3 heterocycles. The zero-order chi connectivity index (χ0) is 20.7. The lowest BCUT2D eigenvalue weighted by molar-refractivity contribution is -0.136. The van der Waals surface area contributed by atoms with Crippen LogP contribution in [-0.2, 0) is 16.1 Å². The summed E-state index contributed by atoms with van der Waals surface area (Å²) in [7, 11) is 0. The molecule has 5 rings (SSSR count). The van der Waals surface area contributed by atoms with Gasteiger partial charge >= 0.3 is 0 Å². The first-order valence-corrected chi connectivity index (χ1v) is 10.1. The van der Waals surface area contributed by atoms with Crippen molar-refractivity contribution in [2.24, 2.45) is 0 Å². The highest BCUT2D eigenvalue weighted by Gasteiger charge is 2.34. The summed E-state index contributed by atoms with van der Waals surface area (Å²) in [5.41, 5.74) is 2.22. The Morgan fingerprint density at radius 2 is 1.87 bits per heavy atom. The number of hydrogen-bond donors (Lipinski definition) is 1. The number of nitrogens with zero attached hydrogens (tertiary/aromatic N) is 2. The topological polar surface area (TPSA) is 71.1 Å². The van der Waals surface area contributed by atoms with E-state index in [-0.39, 0.29) is 25.0 Å². The highest BCUT2D eigenvalue weighted by atomic mass is 19.1. The lowest BCUT2D eigenvalue weighted by Gasteiger charge is -2.37. The molecular formula is C22H22FN3O4. The summed E-state index contributed by atoms with van der Waals surface area (Å²) in [5, 5.41) is 2.66. The van der Waals surface area contributed by atoms with E-state index < -0.39 is 11.7 Å². The van der Waals surface area contributed by atoms with Crippen molar-refractivity contribution in [1.82, 2.24) is 9.80 Å². The van der Waals surface area contributed by atoms with E-state index in [2.05, 4.69) is 10.2 Å². The van der Waals surface area contributed by atoms with Crippen molar-refractivity contribution in [1.29, 1.82) is 0 Å². The number of carbonyl (C=O) groups excluding carboxylic acids is 2. The molecule has 1 N–H and O–H groups in total. The van der Waals surface area contributed by atoms with Gasteiger partial charge in [-0.3, -0.25) is 14.5 Å². The van der Waals surface area contributed by atoms with Gasteiger partial charge in [0, 0.05) is 44.8 Å². The molecule has 0 bridgehead atoms. The molecule has 0 saturated carbocycles. The van der Waals surface area contributed by atoms with Gasteiger partial charge in [-0.05, 0) is 35.4 Å². The van der Waals surface area contributed by atoms with Crippen molar-refractivity contribution in [3.63, 3.8) is 0 Å². The number of benzene rings is 2. The average Bonchev–Trinajstić information content (AvgIpc) is 3.21. The van der Waals surface area contributed by atoms with Crippen LogP contribution in [0.5, 0.6) is 11.5 Å². The van der Waals surface area contributed by atoms with E-state index in [1.807, 2.05) is 23.1 Å². The zero-order valence-electron chi connectivity index (χ0n) is 16.4. The van der Waals surface area contributed by atoms with Gasteiger partial charge in [-0.25, -0.2) is 4.39 Å². The van der Waals surface area contributed by atoms with Gasteiger partial charge in [0.1, 0.15) is 5.82 Å². The van der Waals surface area contributed by atoms with E-state index in [0.717, 1.165) is 36.7 Å². The van der Waals surface area contributed by atoms with Crippen LogP contribution in [0, 0.1) is 5.82 Å². The van der Waals surface area contributed by atoms with Crippen LogP contribution < -0.4 is 14.8 Å². The van der Waals surface area contributed by atoms with E-state index in [4.69, 9.17) is 9.47 Å². The van der Waals surface area contributed by atoms with Gasteiger partial charge in [-0.15, -0.1) is 0 Å². The Morgan fingerprint density at radius 3 is 2.70 bits per heavy atom. The van der Waals surface area contributed by atoms with E-state index in [1.54, 1.807) is 6.07 Å². The molecule has 0 aromatic heterocycles. The third kappa shape index (κ3) is 3.59. The fraction of sp³-hybridized carbons (Fsp3) is 0.364. The van der Waals surface area contributed by atoms with Gasteiger partial charge in [0.25, 0.3) is 0 Å². The third-order valence-electron chi connectivity index (χ3n) is 5.88. The van der Waals surface area contributed by atoms with Gasteiger partial charge in [-0.1, -0.05) is 12.1 Å². The fourth-order valence-electron chi connectivity index (χ4n) is 4.30. The zero-order valence-corrected chi connectivity index (χ0v) is 16.4. The minimum Gasteiger partial charge on any atom is -0.454 e. The molecule has 0 aliphatic carbocycles. The maximum Gasteiger partial charge on any atom is 0.231 e. The van der Waals surface area contributed by atoms with Crippen LogP contribution in [-0.4, -0.2) is 54.6 Å². The SMILES string of the molecule is O=C1C[C@@H](C(=O)N2CCN(Cc3ccc4c(c3)OCO4)CC2)c2ccc(F)cc2N1. The summed E-state index contributed by atoms with van der Waals surface area (Å²) in [6.45, 7) is 3.71. The first-order valence-electron chi connectivity index (χ1n) is 10.1. The lowest BCUT2D eigenvalue weighted by atomic mass is 9.89. The van der Waals surface area contributed by atoms with Gasteiger partial charge in [0.15, 0.2) is 11.5 Å². The summed E-state index contributed by atoms with van der Waals surface area (Å²) in [6, 6.07) is 10.2. The summed E-state index contributed by atoms with van der Waals surface area (Å²) in [5.74, 6) is 0.222. The van der Waals surface area contributed by atoms with Crippen LogP contribution in [0.2, 0.25) is 0 Å². The first kappa shape index (κ1) is 18.9. The molecule has 1 atom stereocenters. The molecule has 30 heavy (non-hydrogen) atoms. The molecule has 156 valence electrons. The van der Waals surface area contributed by atoms with Crippen LogP contribution in [0.3, 0.4) is 0 Å². The van der Waals surface area contributed by atoms with E-state index in [9.17, 15) is 14.0 Å². The number of ether oxygens (including phenoxy) is 2. The van der Waals surface area contributed by atoms with Crippen LogP contribution in [0.15, 0.2) is 36.4 Å². The number of carbonyl (C=O) groups is 2. The molecule has 0 unspecified atom stereocenters. The van der Waals surface area contributed by atoms with E-state index in [0.29, 0.717) is 24.3 Å². The third-order valence-corrected chi connectivity index (χ3v) is 5.88. The van der Waals surface area contributed by atoms with Crippen LogP contribution in [0.1, 0.15) is 23.5 Å². The Labute approximate surface area is 173 Å². The second kappa shape index (κ2) is 7.60. The molecule has 2 aromatic rings. The van der Waals surface area contributed by atoms with Crippen molar-refractivity contribution >= 4 is 17.5 Å². The van der Waals surface area contributed by atoms with Crippen molar-refractivity contribution in [2.75, 3.05) is 38.3 Å². The van der Waals surface area contributed by atoms with E-state index >= 15 is 0 Å². The molecule has 3 aliphatic heterocycles. The summed E-state index contributed by atoms with van der Waals surface area (Å²) in [4.78, 5) is 29.3. The van der Waals surface area contributed by atoms with Gasteiger partial charge < -0.3 is 19.7 Å². The average molecular weight is 411 g/mol. The smallest absolute Gasteiger partial charge is 0.231 e. The number of fused-ring (bicyclic) bond motifs is 2. The standard InChI is InChI=1S/C22H22FN3O4/c23-15-2-3-16-17(11-21(27)24-18(16)10-15)22(28)26-7-5-25(6-8-26)12-14-1-4-19-20(9-14)30-13-29-19/h1-4,9-10,17H,5-8,11-13H2,(H,24,27)/t17-/m1/s1. The van der Waals surface area contributed by atoms with Crippen LogP contribution in [0.4, 0.5) is 10.1 Å². The number of amides is 2. The van der Waals surface area contributed by atoms with Crippen LogP contribution >= 0.6 is 0 Å². The molecule has 1 saturated heterocycles. The maximum absolute atomic E-state index is 13.5. The molecule has 8 heteroatoms. The summed E-state index contributed by atoms with van der Waals surface area (Å²) in [6.07, 6.45) is 0.0921. The summed E-state index contributed by atoms with van der Waals surface area (Å²) < 4.78 is 24.3. The number of halogens is 1. The van der Waals surface area contributed by atoms with Gasteiger partial charge in [-0.2, -0.15) is 0 Å². The number of hydrogen-bond acceptors (Lipinski definition) is 5. The molecule has 7 nitrogen and oxygen atoms in total. The summed E-state index contributed by atoms with van der Waals surface area (Å²) >= 11 is 0. The van der Waals surface area contributed by atoms with Crippen molar-refractivity contribution in [2.45, 2.75) is 18.9 Å². The fourth-order valence-corrected chi connectivity index (χ4v) is 4.30. The quantitative estimate of drug-likeness (QED) is 0.840. The molecule has 1 fully saturated rings. The molecule has 0 radical (unpaired) electrons. The largest absolute Gasteiger partial charge is 0.454 e. The Kier molecular flexibility index (Phi) is 4.78. The second-order valence-corrected chi connectivity index (χ2v) is 7.83. The second-order valence-electron chi connectivity index (χ2n) is 7.83. The van der Waals surface area contributed by atoms with Crippen molar-refractivity contribution in [3.8, 4) is 11.5 Å². The Hall–Kier alpha value is -3.13. The Morgan fingerprint density at radius 1 is 1.07 bits per heavy atom. The molecule has 0 spiro atoms. The highest BCUT2D eigenvalue weighted by molar-refractivity contribution is 6.01. The molecule has 2 aromatic carbocycles. The van der Waals surface area contributed by atoms with Gasteiger partial charge in [0.05, 0.1) is 5.92 Å². The molecule has 3 aliphatic rings. The predicted molar refractivity (Wildman–Crippen MR) is 107 cm³/mol. The maximum atomic E-state index is 13.5.